The molecule has 0 amide bonds. The molecule has 1 aliphatic rings. The Labute approximate surface area is 101 Å². The van der Waals surface area contributed by atoms with Gasteiger partial charge in [-0.1, -0.05) is 12.8 Å². The van der Waals surface area contributed by atoms with Crippen LogP contribution in [-0.4, -0.2) is 28.8 Å². The fourth-order valence-corrected chi connectivity index (χ4v) is 2.83. The molecular formula is C12H19N3S. The van der Waals surface area contributed by atoms with Gasteiger partial charge in [-0.25, -0.2) is 4.98 Å². The van der Waals surface area contributed by atoms with Gasteiger partial charge in [0.1, 0.15) is 5.03 Å². The smallest absolute Gasteiger partial charge is 0.114 e. The molecule has 0 saturated heterocycles. The molecule has 16 heavy (non-hydrogen) atoms. The van der Waals surface area contributed by atoms with Crippen LogP contribution in [-0.2, 0) is 0 Å². The Balaban J connectivity index is 1.52. The summed E-state index contributed by atoms with van der Waals surface area (Å²) in [6.07, 6.45) is 11.0. The summed E-state index contributed by atoms with van der Waals surface area (Å²) < 4.78 is 0. The summed E-state index contributed by atoms with van der Waals surface area (Å²) in [4.78, 5) is 8.27. The van der Waals surface area contributed by atoms with Crippen molar-refractivity contribution in [2.45, 2.75) is 30.7 Å². The van der Waals surface area contributed by atoms with E-state index in [1.54, 1.807) is 24.2 Å². The average molecular weight is 237 g/mol. The van der Waals surface area contributed by atoms with Crippen molar-refractivity contribution in [3.8, 4) is 0 Å². The van der Waals surface area contributed by atoms with Crippen molar-refractivity contribution in [3.05, 3.63) is 18.6 Å². The van der Waals surface area contributed by atoms with Crippen molar-refractivity contribution in [2.75, 3.05) is 18.8 Å². The van der Waals surface area contributed by atoms with Crippen LogP contribution in [0.5, 0.6) is 0 Å². The van der Waals surface area contributed by atoms with Gasteiger partial charge in [0.15, 0.2) is 0 Å². The third-order valence-electron chi connectivity index (χ3n) is 2.98. The van der Waals surface area contributed by atoms with Gasteiger partial charge in [0.25, 0.3) is 0 Å². The van der Waals surface area contributed by atoms with Crippen molar-refractivity contribution < 1.29 is 0 Å². The van der Waals surface area contributed by atoms with Gasteiger partial charge >= 0.3 is 0 Å². The highest BCUT2D eigenvalue weighted by atomic mass is 32.2. The van der Waals surface area contributed by atoms with Crippen molar-refractivity contribution >= 4 is 11.8 Å². The van der Waals surface area contributed by atoms with Crippen molar-refractivity contribution in [3.63, 3.8) is 0 Å². The van der Waals surface area contributed by atoms with E-state index in [1.165, 1.54) is 32.2 Å². The number of nitrogens with zero attached hydrogens (tertiary/aromatic N) is 2. The van der Waals surface area contributed by atoms with Crippen LogP contribution in [0.25, 0.3) is 0 Å². The minimum atomic E-state index is 0.932. The first-order valence-electron chi connectivity index (χ1n) is 6.04. The maximum atomic E-state index is 4.23. The van der Waals surface area contributed by atoms with Crippen molar-refractivity contribution in [1.29, 1.82) is 0 Å². The lowest BCUT2D eigenvalue weighted by Crippen LogP contribution is -2.23. The predicted molar refractivity (Wildman–Crippen MR) is 67.6 cm³/mol. The van der Waals surface area contributed by atoms with Gasteiger partial charge < -0.3 is 5.32 Å². The Bertz CT molecular complexity index is 286. The molecule has 0 atom stereocenters. The molecule has 1 aromatic heterocycles. The molecule has 0 aliphatic heterocycles. The van der Waals surface area contributed by atoms with Crippen LogP contribution in [0.4, 0.5) is 0 Å². The average Bonchev–Trinajstić information content (AvgIpc) is 2.83. The fourth-order valence-electron chi connectivity index (χ4n) is 2.11. The molecule has 0 aromatic carbocycles. The first-order chi connectivity index (χ1) is 7.95. The highest BCUT2D eigenvalue weighted by molar-refractivity contribution is 7.99. The molecule has 1 aromatic rings. The number of nitrogens with one attached hydrogen (secondary N) is 1. The minimum Gasteiger partial charge on any atom is -0.316 e. The monoisotopic (exact) mass is 237 g/mol. The third kappa shape index (κ3) is 4.10. The van der Waals surface area contributed by atoms with Gasteiger partial charge in [-0.2, -0.15) is 0 Å². The normalized spacial score (nSPS) is 16.8. The molecule has 3 nitrogen and oxygen atoms in total. The Morgan fingerprint density at radius 1 is 1.31 bits per heavy atom. The SMILES string of the molecule is c1cnc(SCCNCC2CCCC2)cn1. The number of hydrogen-bond donors (Lipinski definition) is 1. The Hall–Kier alpha value is -0.610. The minimum absolute atomic E-state index is 0.932. The van der Waals surface area contributed by atoms with E-state index in [2.05, 4.69) is 15.3 Å². The highest BCUT2D eigenvalue weighted by Gasteiger charge is 2.13. The summed E-state index contributed by atoms with van der Waals surface area (Å²) in [5, 5.41) is 4.55. The largest absolute Gasteiger partial charge is 0.316 e. The van der Waals surface area contributed by atoms with Crippen LogP contribution >= 0.6 is 11.8 Å². The number of aromatic nitrogens is 2. The summed E-state index contributed by atoms with van der Waals surface area (Å²) in [7, 11) is 0. The molecule has 88 valence electrons. The quantitative estimate of drug-likeness (QED) is 0.609. The lowest BCUT2D eigenvalue weighted by Gasteiger charge is -2.09. The second-order valence-corrected chi connectivity index (χ2v) is 5.36. The van der Waals surface area contributed by atoms with Crippen LogP contribution in [0.15, 0.2) is 23.6 Å². The van der Waals surface area contributed by atoms with Gasteiger partial charge in [0.2, 0.25) is 0 Å². The second-order valence-electron chi connectivity index (χ2n) is 4.25. The number of thioether (sulfide) groups is 1. The number of hydrogen-bond acceptors (Lipinski definition) is 4. The molecule has 0 radical (unpaired) electrons. The topological polar surface area (TPSA) is 37.8 Å². The summed E-state index contributed by atoms with van der Waals surface area (Å²) in [5.74, 6) is 2.01. The fraction of sp³-hybridized carbons (Fsp3) is 0.667. The van der Waals surface area contributed by atoms with Gasteiger partial charge in [0, 0.05) is 24.7 Å². The van der Waals surface area contributed by atoms with Gasteiger partial charge in [-0.05, 0) is 25.3 Å². The van der Waals surface area contributed by atoms with Crippen molar-refractivity contribution in [1.82, 2.24) is 15.3 Å². The maximum Gasteiger partial charge on any atom is 0.114 e. The Morgan fingerprint density at radius 3 is 2.94 bits per heavy atom. The first kappa shape index (κ1) is 11.9. The van der Waals surface area contributed by atoms with Crippen LogP contribution in [0.1, 0.15) is 25.7 Å². The molecule has 2 rings (SSSR count). The van der Waals surface area contributed by atoms with E-state index in [-0.39, 0.29) is 0 Å². The molecule has 4 heteroatoms. The molecule has 1 saturated carbocycles. The molecule has 1 N–H and O–H groups in total. The summed E-state index contributed by atoms with van der Waals surface area (Å²) in [6.45, 7) is 2.26. The zero-order chi connectivity index (χ0) is 11.1. The standard InChI is InChI=1S/C12H19N3S/c1-2-4-11(3-1)9-14-7-8-16-12-10-13-5-6-15-12/h5-6,10-11,14H,1-4,7-9H2. The van der Waals surface area contributed by atoms with Gasteiger partial charge in [0.05, 0.1) is 6.20 Å². The van der Waals surface area contributed by atoms with E-state index in [9.17, 15) is 0 Å². The molecule has 1 aliphatic carbocycles. The lowest BCUT2D eigenvalue weighted by atomic mass is 10.1. The van der Waals surface area contributed by atoms with Crippen LogP contribution < -0.4 is 5.32 Å². The molecule has 0 unspecified atom stereocenters. The van der Waals surface area contributed by atoms with Crippen molar-refractivity contribution in [2.24, 2.45) is 5.92 Å². The predicted octanol–water partition coefficient (Wildman–Crippen LogP) is 2.35. The molecule has 0 bridgehead atoms. The first-order valence-corrected chi connectivity index (χ1v) is 7.03. The second kappa shape index (κ2) is 6.86. The van der Waals surface area contributed by atoms with E-state index in [4.69, 9.17) is 0 Å². The molecular weight excluding hydrogens is 218 g/mol. The van der Waals surface area contributed by atoms with E-state index < -0.39 is 0 Å². The molecule has 1 fully saturated rings. The van der Waals surface area contributed by atoms with E-state index >= 15 is 0 Å². The zero-order valence-corrected chi connectivity index (χ0v) is 10.4. The van der Waals surface area contributed by atoms with Gasteiger partial charge in [-0.15, -0.1) is 11.8 Å². The van der Waals surface area contributed by atoms with E-state index in [1.807, 2.05) is 6.20 Å². The Kier molecular flexibility index (Phi) is 5.09. The third-order valence-corrected chi connectivity index (χ3v) is 3.89. The Morgan fingerprint density at radius 2 is 2.19 bits per heavy atom. The molecule has 1 heterocycles. The molecule has 0 spiro atoms. The summed E-state index contributed by atoms with van der Waals surface area (Å²) in [5.41, 5.74) is 0. The maximum absolute atomic E-state index is 4.23. The van der Waals surface area contributed by atoms with E-state index in [0.717, 1.165) is 23.2 Å². The highest BCUT2D eigenvalue weighted by Crippen LogP contribution is 2.23. The van der Waals surface area contributed by atoms with Crippen LogP contribution in [0, 0.1) is 5.92 Å². The van der Waals surface area contributed by atoms with Crippen LogP contribution in [0.2, 0.25) is 0 Å². The summed E-state index contributed by atoms with van der Waals surface area (Å²) >= 11 is 1.77. The van der Waals surface area contributed by atoms with Gasteiger partial charge in [-0.3, -0.25) is 4.98 Å². The zero-order valence-electron chi connectivity index (χ0n) is 9.56. The number of rotatable bonds is 6. The lowest BCUT2D eigenvalue weighted by molar-refractivity contribution is 0.500. The van der Waals surface area contributed by atoms with Crippen LogP contribution in [0.3, 0.4) is 0 Å². The van der Waals surface area contributed by atoms with E-state index in [0.29, 0.717) is 0 Å². The summed E-state index contributed by atoms with van der Waals surface area (Å²) in [6, 6.07) is 0.